The van der Waals surface area contributed by atoms with E-state index in [4.69, 9.17) is 16.7 Å². The molecule has 0 saturated heterocycles. The van der Waals surface area contributed by atoms with E-state index < -0.39 is 0 Å². The highest BCUT2D eigenvalue weighted by Crippen LogP contribution is 2.06. The highest BCUT2D eigenvalue weighted by Gasteiger charge is 1.94. The number of aliphatic hydroxyl groups excluding tert-OH is 1. The number of unbranched alkanes of at least 4 members (excludes halogenated alkanes) is 2. The van der Waals surface area contributed by atoms with Crippen LogP contribution in [-0.4, -0.2) is 28.2 Å². The van der Waals surface area contributed by atoms with E-state index in [1.165, 1.54) is 0 Å². The molecule has 0 atom stereocenters. The predicted molar refractivity (Wildman–Crippen MR) is 56.5 cm³/mol. The maximum Gasteiger partial charge on any atom is 0.224 e. The zero-order chi connectivity index (χ0) is 10.2. The Hall–Kier alpha value is -0.870. The Balaban J connectivity index is 2.18. The third-order valence-corrected chi connectivity index (χ3v) is 1.95. The molecule has 0 aliphatic rings. The highest BCUT2D eigenvalue weighted by molar-refractivity contribution is 6.28. The number of aromatic nitrogens is 2. The van der Waals surface area contributed by atoms with Crippen LogP contribution in [0.15, 0.2) is 12.3 Å². The first-order valence-electron chi connectivity index (χ1n) is 4.66. The molecule has 1 rings (SSSR count). The Bertz CT molecular complexity index is 270. The molecule has 0 saturated carbocycles. The summed E-state index contributed by atoms with van der Waals surface area (Å²) in [4.78, 5) is 7.76. The minimum atomic E-state index is 0.255. The molecule has 1 heterocycles. The molecule has 78 valence electrons. The molecule has 0 radical (unpaired) electrons. The van der Waals surface area contributed by atoms with Gasteiger partial charge in [-0.05, 0) is 36.9 Å². The van der Waals surface area contributed by atoms with Crippen LogP contribution >= 0.6 is 11.6 Å². The van der Waals surface area contributed by atoms with Crippen molar-refractivity contribution in [1.82, 2.24) is 9.97 Å². The van der Waals surface area contributed by atoms with Gasteiger partial charge in [0.25, 0.3) is 0 Å². The van der Waals surface area contributed by atoms with Crippen LogP contribution in [0.25, 0.3) is 0 Å². The third-order valence-electron chi connectivity index (χ3n) is 1.77. The standard InChI is InChI=1S/C9H14ClN3O/c10-9-12-6-4-8(13-9)11-5-2-1-3-7-14/h4,6,14H,1-3,5,7H2,(H,11,12,13). The Morgan fingerprint density at radius 3 is 2.93 bits per heavy atom. The second-order valence-corrected chi connectivity index (χ2v) is 3.26. The molecule has 2 N–H and O–H groups in total. The maximum absolute atomic E-state index is 8.56. The predicted octanol–water partition coefficient (Wildman–Crippen LogP) is 1.70. The molecule has 4 nitrogen and oxygen atoms in total. The lowest BCUT2D eigenvalue weighted by atomic mass is 10.2. The molecule has 0 spiro atoms. The molecule has 1 aromatic rings. The minimum absolute atomic E-state index is 0.255. The van der Waals surface area contributed by atoms with Crippen molar-refractivity contribution in [3.05, 3.63) is 17.5 Å². The lowest BCUT2D eigenvalue weighted by Crippen LogP contribution is -2.03. The quantitative estimate of drug-likeness (QED) is 0.560. The first kappa shape index (κ1) is 11.2. The summed E-state index contributed by atoms with van der Waals surface area (Å²) in [7, 11) is 0. The van der Waals surface area contributed by atoms with Crippen LogP contribution < -0.4 is 5.32 Å². The third kappa shape index (κ3) is 4.39. The second kappa shape index (κ2) is 6.56. The number of halogens is 1. The normalized spacial score (nSPS) is 10.1. The van der Waals surface area contributed by atoms with Gasteiger partial charge in [-0.15, -0.1) is 0 Å². The smallest absolute Gasteiger partial charge is 0.224 e. The summed E-state index contributed by atoms with van der Waals surface area (Å²) in [5.41, 5.74) is 0. The summed E-state index contributed by atoms with van der Waals surface area (Å²) in [5.74, 6) is 0.744. The summed E-state index contributed by atoms with van der Waals surface area (Å²) in [6, 6.07) is 1.78. The molecule has 0 amide bonds. The summed E-state index contributed by atoms with van der Waals surface area (Å²) in [5, 5.41) is 11.9. The number of hydrogen-bond donors (Lipinski definition) is 2. The fraction of sp³-hybridized carbons (Fsp3) is 0.556. The van der Waals surface area contributed by atoms with Crippen LogP contribution in [0.4, 0.5) is 5.82 Å². The van der Waals surface area contributed by atoms with Gasteiger partial charge < -0.3 is 10.4 Å². The SMILES string of the molecule is OCCCCCNc1ccnc(Cl)n1. The fourth-order valence-electron chi connectivity index (χ4n) is 1.06. The van der Waals surface area contributed by atoms with Gasteiger partial charge >= 0.3 is 0 Å². The monoisotopic (exact) mass is 215 g/mol. The van der Waals surface area contributed by atoms with Gasteiger partial charge in [0.05, 0.1) is 0 Å². The zero-order valence-electron chi connectivity index (χ0n) is 7.91. The van der Waals surface area contributed by atoms with Crippen LogP contribution in [-0.2, 0) is 0 Å². The number of hydrogen-bond acceptors (Lipinski definition) is 4. The molecule has 0 aliphatic carbocycles. The van der Waals surface area contributed by atoms with E-state index in [-0.39, 0.29) is 11.9 Å². The number of anilines is 1. The lowest BCUT2D eigenvalue weighted by Gasteiger charge is -2.04. The molecule has 0 aliphatic heterocycles. The van der Waals surface area contributed by atoms with Crippen molar-refractivity contribution in [3.63, 3.8) is 0 Å². The molecule has 0 aromatic carbocycles. The van der Waals surface area contributed by atoms with Gasteiger partial charge in [0.2, 0.25) is 5.28 Å². The van der Waals surface area contributed by atoms with Crippen LogP contribution in [0.2, 0.25) is 5.28 Å². The van der Waals surface area contributed by atoms with E-state index in [9.17, 15) is 0 Å². The molecular weight excluding hydrogens is 202 g/mol. The largest absolute Gasteiger partial charge is 0.396 e. The van der Waals surface area contributed by atoms with E-state index in [1.54, 1.807) is 12.3 Å². The summed E-state index contributed by atoms with van der Waals surface area (Å²) in [6.07, 6.45) is 4.50. The Morgan fingerprint density at radius 1 is 1.36 bits per heavy atom. The van der Waals surface area contributed by atoms with Gasteiger partial charge in [0, 0.05) is 19.3 Å². The maximum atomic E-state index is 8.56. The van der Waals surface area contributed by atoms with Crippen molar-refractivity contribution >= 4 is 17.4 Å². The number of rotatable bonds is 6. The molecule has 14 heavy (non-hydrogen) atoms. The molecule has 0 bridgehead atoms. The molecular formula is C9H14ClN3O. The first-order valence-corrected chi connectivity index (χ1v) is 5.04. The van der Waals surface area contributed by atoms with Crippen molar-refractivity contribution in [2.45, 2.75) is 19.3 Å². The van der Waals surface area contributed by atoms with E-state index >= 15 is 0 Å². The van der Waals surface area contributed by atoms with Gasteiger partial charge in [0.15, 0.2) is 0 Å². The van der Waals surface area contributed by atoms with Gasteiger partial charge in [0.1, 0.15) is 5.82 Å². The topological polar surface area (TPSA) is 58.0 Å². The van der Waals surface area contributed by atoms with Crippen molar-refractivity contribution in [2.75, 3.05) is 18.5 Å². The second-order valence-electron chi connectivity index (χ2n) is 2.92. The van der Waals surface area contributed by atoms with Gasteiger partial charge in [-0.3, -0.25) is 0 Å². The highest BCUT2D eigenvalue weighted by atomic mass is 35.5. The summed E-state index contributed by atoms with van der Waals surface area (Å²) >= 11 is 5.61. The number of nitrogens with zero attached hydrogens (tertiary/aromatic N) is 2. The van der Waals surface area contributed by atoms with Crippen LogP contribution in [0.3, 0.4) is 0 Å². The van der Waals surface area contributed by atoms with Crippen LogP contribution in [0, 0.1) is 0 Å². The van der Waals surface area contributed by atoms with Crippen LogP contribution in [0.1, 0.15) is 19.3 Å². The van der Waals surface area contributed by atoms with Crippen molar-refractivity contribution < 1.29 is 5.11 Å². The Labute approximate surface area is 88.3 Å². The Kier molecular flexibility index (Phi) is 5.25. The van der Waals surface area contributed by atoms with Gasteiger partial charge in [-0.2, -0.15) is 0 Å². The first-order chi connectivity index (χ1) is 6.83. The Morgan fingerprint density at radius 2 is 2.21 bits per heavy atom. The van der Waals surface area contributed by atoms with E-state index in [0.29, 0.717) is 0 Å². The zero-order valence-corrected chi connectivity index (χ0v) is 8.67. The van der Waals surface area contributed by atoms with Gasteiger partial charge in [-0.1, -0.05) is 0 Å². The molecule has 1 aromatic heterocycles. The van der Waals surface area contributed by atoms with E-state index in [1.807, 2.05) is 0 Å². The minimum Gasteiger partial charge on any atom is -0.396 e. The number of nitrogens with one attached hydrogen (secondary N) is 1. The molecule has 0 fully saturated rings. The average molecular weight is 216 g/mol. The van der Waals surface area contributed by atoms with E-state index in [0.717, 1.165) is 31.6 Å². The van der Waals surface area contributed by atoms with E-state index in [2.05, 4.69) is 15.3 Å². The summed E-state index contributed by atoms with van der Waals surface area (Å²) < 4.78 is 0. The van der Waals surface area contributed by atoms with Crippen LogP contribution in [0.5, 0.6) is 0 Å². The van der Waals surface area contributed by atoms with Crippen molar-refractivity contribution in [2.24, 2.45) is 0 Å². The molecule has 5 heteroatoms. The average Bonchev–Trinajstić information content (AvgIpc) is 2.18. The lowest BCUT2D eigenvalue weighted by molar-refractivity contribution is 0.283. The van der Waals surface area contributed by atoms with Crippen molar-refractivity contribution in [1.29, 1.82) is 0 Å². The van der Waals surface area contributed by atoms with Crippen molar-refractivity contribution in [3.8, 4) is 0 Å². The van der Waals surface area contributed by atoms with Gasteiger partial charge in [-0.25, -0.2) is 9.97 Å². The summed E-state index contributed by atoms with van der Waals surface area (Å²) in [6.45, 7) is 1.10. The fourth-order valence-corrected chi connectivity index (χ4v) is 1.21. The molecule has 0 unspecified atom stereocenters. The number of aliphatic hydroxyl groups is 1.